The number of methoxy groups -OCH3 is 1. The van der Waals surface area contributed by atoms with Crippen molar-refractivity contribution in [3.05, 3.63) is 41.6 Å². The standard InChI is InChI=1S/C17H23N3O/c1-3-14-15(12-17(21-2)10-7-11-17)19-20(16(14)18)13-8-5-4-6-9-13/h4-6,8-9H,3,7,10-12,18H2,1-2H3. The number of hydrogen-bond donors (Lipinski definition) is 1. The highest BCUT2D eigenvalue weighted by Crippen LogP contribution is 2.39. The molecular weight excluding hydrogens is 262 g/mol. The topological polar surface area (TPSA) is 53.1 Å². The van der Waals surface area contributed by atoms with Crippen LogP contribution in [0.3, 0.4) is 0 Å². The number of anilines is 1. The van der Waals surface area contributed by atoms with Crippen LogP contribution in [0.25, 0.3) is 5.69 Å². The third kappa shape index (κ3) is 2.44. The average molecular weight is 285 g/mol. The normalized spacial score (nSPS) is 16.7. The van der Waals surface area contributed by atoms with Crippen molar-refractivity contribution in [1.29, 1.82) is 0 Å². The minimum absolute atomic E-state index is 0.0216. The SMILES string of the molecule is CCc1c(CC2(OC)CCC2)nn(-c2ccccc2)c1N. The maximum absolute atomic E-state index is 6.33. The van der Waals surface area contributed by atoms with Crippen LogP contribution in [0.1, 0.15) is 37.4 Å². The molecule has 1 saturated carbocycles. The molecule has 2 aromatic rings. The lowest BCUT2D eigenvalue weighted by Crippen LogP contribution is -2.41. The molecule has 1 aromatic heterocycles. The smallest absolute Gasteiger partial charge is 0.130 e. The summed E-state index contributed by atoms with van der Waals surface area (Å²) in [4.78, 5) is 0. The zero-order chi connectivity index (χ0) is 14.9. The van der Waals surface area contributed by atoms with Crippen molar-refractivity contribution < 1.29 is 4.74 Å². The van der Waals surface area contributed by atoms with E-state index in [4.69, 9.17) is 15.6 Å². The van der Waals surface area contributed by atoms with Crippen molar-refractivity contribution in [2.24, 2.45) is 0 Å². The van der Waals surface area contributed by atoms with Gasteiger partial charge in [-0.1, -0.05) is 25.1 Å². The number of hydrogen-bond acceptors (Lipinski definition) is 3. The van der Waals surface area contributed by atoms with Crippen molar-refractivity contribution in [3.8, 4) is 5.69 Å². The summed E-state index contributed by atoms with van der Waals surface area (Å²) in [7, 11) is 1.81. The molecule has 0 bridgehead atoms. The maximum Gasteiger partial charge on any atom is 0.130 e. The van der Waals surface area contributed by atoms with Crippen molar-refractivity contribution in [1.82, 2.24) is 9.78 Å². The third-order valence-electron chi connectivity index (χ3n) is 4.65. The zero-order valence-corrected chi connectivity index (χ0v) is 12.8. The molecule has 0 atom stereocenters. The van der Waals surface area contributed by atoms with E-state index < -0.39 is 0 Å². The Morgan fingerprint density at radius 3 is 2.52 bits per heavy atom. The van der Waals surface area contributed by atoms with E-state index in [0.717, 1.165) is 48.4 Å². The highest BCUT2D eigenvalue weighted by molar-refractivity contribution is 5.50. The molecule has 1 aliphatic carbocycles. The molecular formula is C17H23N3O. The second kappa shape index (κ2) is 5.53. The van der Waals surface area contributed by atoms with Crippen LogP contribution in [0.4, 0.5) is 5.82 Å². The van der Waals surface area contributed by atoms with Gasteiger partial charge < -0.3 is 10.5 Å². The Labute approximate surface area is 125 Å². The van der Waals surface area contributed by atoms with E-state index in [9.17, 15) is 0 Å². The van der Waals surface area contributed by atoms with Crippen LogP contribution >= 0.6 is 0 Å². The van der Waals surface area contributed by atoms with Gasteiger partial charge in [-0.3, -0.25) is 0 Å². The van der Waals surface area contributed by atoms with E-state index in [2.05, 4.69) is 6.92 Å². The molecule has 0 radical (unpaired) electrons. The summed E-state index contributed by atoms with van der Waals surface area (Å²) in [6.07, 6.45) is 5.23. The van der Waals surface area contributed by atoms with Crippen LogP contribution < -0.4 is 5.73 Å². The van der Waals surface area contributed by atoms with Gasteiger partial charge in [-0.25, -0.2) is 4.68 Å². The van der Waals surface area contributed by atoms with Crippen LogP contribution in [-0.4, -0.2) is 22.5 Å². The molecule has 1 aromatic carbocycles. The maximum atomic E-state index is 6.33. The van der Waals surface area contributed by atoms with Crippen molar-refractivity contribution >= 4 is 5.82 Å². The Kier molecular flexibility index (Phi) is 3.72. The highest BCUT2D eigenvalue weighted by atomic mass is 16.5. The number of ether oxygens (including phenoxy) is 1. The van der Waals surface area contributed by atoms with Crippen LogP contribution in [0.5, 0.6) is 0 Å². The summed E-state index contributed by atoms with van der Waals surface area (Å²) in [5.41, 5.74) is 9.55. The van der Waals surface area contributed by atoms with E-state index >= 15 is 0 Å². The van der Waals surface area contributed by atoms with Gasteiger partial charge >= 0.3 is 0 Å². The van der Waals surface area contributed by atoms with Gasteiger partial charge in [-0.2, -0.15) is 5.10 Å². The second-order valence-corrected chi connectivity index (χ2v) is 5.83. The molecule has 1 fully saturated rings. The Bertz CT molecular complexity index is 609. The van der Waals surface area contributed by atoms with Gasteiger partial charge in [0.25, 0.3) is 0 Å². The minimum atomic E-state index is -0.0216. The van der Waals surface area contributed by atoms with E-state index in [0.29, 0.717) is 0 Å². The van der Waals surface area contributed by atoms with Crippen LogP contribution in [0, 0.1) is 0 Å². The largest absolute Gasteiger partial charge is 0.383 e. The van der Waals surface area contributed by atoms with Gasteiger partial charge in [0, 0.05) is 19.1 Å². The molecule has 2 N–H and O–H groups in total. The fourth-order valence-corrected chi connectivity index (χ4v) is 3.13. The van der Waals surface area contributed by atoms with Crippen LogP contribution in [0.2, 0.25) is 0 Å². The first-order valence-electron chi connectivity index (χ1n) is 7.66. The Morgan fingerprint density at radius 2 is 2.00 bits per heavy atom. The molecule has 3 rings (SSSR count). The number of nitrogens with two attached hydrogens (primary N) is 1. The number of nitrogens with zero attached hydrogens (tertiary/aromatic N) is 2. The molecule has 0 saturated heterocycles. The molecule has 21 heavy (non-hydrogen) atoms. The van der Waals surface area contributed by atoms with E-state index in [1.807, 2.05) is 42.1 Å². The first-order valence-corrected chi connectivity index (χ1v) is 7.66. The van der Waals surface area contributed by atoms with Crippen molar-refractivity contribution in [3.63, 3.8) is 0 Å². The molecule has 0 spiro atoms. The summed E-state index contributed by atoms with van der Waals surface area (Å²) in [6.45, 7) is 2.13. The Balaban J connectivity index is 1.98. The Morgan fingerprint density at radius 1 is 1.29 bits per heavy atom. The molecule has 0 amide bonds. The fraction of sp³-hybridized carbons (Fsp3) is 0.471. The lowest BCUT2D eigenvalue weighted by Gasteiger charge is -2.40. The summed E-state index contributed by atoms with van der Waals surface area (Å²) < 4.78 is 7.60. The van der Waals surface area contributed by atoms with Crippen molar-refractivity contribution in [2.75, 3.05) is 12.8 Å². The van der Waals surface area contributed by atoms with Crippen LogP contribution in [0.15, 0.2) is 30.3 Å². The first-order chi connectivity index (χ1) is 10.2. The number of benzene rings is 1. The quantitative estimate of drug-likeness (QED) is 0.918. The molecule has 4 nitrogen and oxygen atoms in total. The molecule has 1 aliphatic rings. The van der Waals surface area contributed by atoms with Crippen molar-refractivity contribution in [2.45, 2.75) is 44.6 Å². The summed E-state index contributed by atoms with van der Waals surface area (Å²) in [5.74, 6) is 0.754. The monoisotopic (exact) mass is 285 g/mol. The highest BCUT2D eigenvalue weighted by Gasteiger charge is 2.38. The predicted molar refractivity (Wildman–Crippen MR) is 84.6 cm³/mol. The number of aromatic nitrogens is 2. The van der Waals surface area contributed by atoms with E-state index in [-0.39, 0.29) is 5.60 Å². The van der Waals surface area contributed by atoms with Gasteiger partial charge in [0.15, 0.2) is 0 Å². The third-order valence-corrected chi connectivity index (χ3v) is 4.65. The number of rotatable bonds is 5. The number of nitrogen functional groups attached to an aromatic ring is 1. The van der Waals surface area contributed by atoms with Crippen LogP contribution in [-0.2, 0) is 17.6 Å². The van der Waals surface area contributed by atoms with Gasteiger partial charge in [0.2, 0.25) is 0 Å². The zero-order valence-electron chi connectivity index (χ0n) is 12.8. The lowest BCUT2D eigenvalue weighted by atomic mass is 9.76. The molecule has 1 heterocycles. The molecule has 112 valence electrons. The minimum Gasteiger partial charge on any atom is -0.383 e. The number of para-hydroxylation sites is 1. The molecule has 4 heteroatoms. The van der Waals surface area contributed by atoms with Gasteiger partial charge in [-0.15, -0.1) is 0 Å². The summed E-state index contributed by atoms with van der Waals surface area (Å²) >= 11 is 0. The lowest BCUT2D eigenvalue weighted by molar-refractivity contribution is -0.0715. The van der Waals surface area contributed by atoms with E-state index in [1.54, 1.807) is 0 Å². The second-order valence-electron chi connectivity index (χ2n) is 5.83. The average Bonchev–Trinajstić information content (AvgIpc) is 2.79. The fourth-order valence-electron chi connectivity index (χ4n) is 3.13. The van der Waals surface area contributed by atoms with E-state index in [1.165, 1.54) is 6.42 Å². The Hall–Kier alpha value is -1.81. The summed E-state index contributed by atoms with van der Waals surface area (Å²) in [5, 5.41) is 4.78. The molecule has 0 aliphatic heterocycles. The first kappa shape index (κ1) is 14.1. The van der Waals surface area contributed by atoms with Gasteiger partial charge in [-0.05, 0) is 37.8 Å². The summed E-state index contributed by atoms with van der Waals surface area (Å²) in [6, 6.07) is 10.1. The van der Waals surface area contributed by atoms with Gasteiger partial charge in [0.1, 0.15) is 5.82 Å². The molecule has 0 unspecified atom stereocenters. The van der Waals surface area contributed by atoms with Gasteiger partial charge in [0.05, 0.1) is 17.0 Å². The predicted octanol–water partition coefficient (Wildman–Crippen LogP) is 3.13.